The summed E-state index contributed by atoms with van der Waals surface area (Å²) in [6.07, 6.45) is 0.190. The van der Waals surface area contributed by atoms with Crippen molar-refractivity contribution >= 4 is 29.1 Å². The highest BCUT2D eigenvalue weighted by molar-refractivity contribution is 6.35. The van der Waals surface area contributed by atoms with Gasteiger partial charge in [-0.05, 0) is 17.7 Å². The average Bonchev–Trinajstić information content (AvgIpc) is 2.19. The van der Waals surface area contributed by atoms with E-state index in [9.17, 15) is 4.79 Å². The quantitative estimate of drug-likeness (QED) is 0.851. The van der Waals surface area contributed by atoms with Gasteiger partial charge in [0.25, 0.3) is 0 Å². The van der Waals surface area contributed by atoms with Crippen molar-refractivity contribution in [3.63, 3.8) is 0 Å². The molecule has 0 aliphatic heterocycles. The standard InChI is InChI=1S/C10H11Cl2NO2/c11-8-2-1-7(9(12)6-8)5-10(15)13-3-4-14/h1-2,6,14H,3-5H2,(H,13,15). The molecule has 0 radical (unpaired) electrons. The predicted molar refractivity (Wildman–Crippen MR) is 60.3 cm³/mol. The Morgan fingerprint density at radius 2 is 2.13 bits per heavy atom. The zero-order chi connectivity index (χ0) is 11.3. The summed E-state index contributed by atoms with van der Waals surface area (Å²) in [6, 6.07) is 4.99. The third-order valence-electron chi connectivity index (χ3n) is 1.80. The molecule has 1 aromatic carbocycles. The van der Waals surface area contributed by atoms with Crippen LogP contribution < -0.4 is 5.32 Å². The van der Waals surface area contributed by atoms with Crippen molar-refractivity contribution in [3.8, 4) is 0 Å². The second kappa shape index (κ2) is 5.95. The fourth-order valence-electron chi connectivity index (χ4n) is 1.10. The molecule has 0 unspecified atom stereocenters. The highest BCUT2D eigenvalue weighted by Gasteiger charge is 2.06. The van der Waals surface area contributed by atoms with Crippen LogP contribution in [0.2, 0.25) is 10.0 Å². The first kappa shape index (κ1) is 12.3. The third-order valence-corrected chi connectivity index (χ3v) is 2.39. The molecule has 0 saturated heterocycles. The second-order valence-electron chi connectivity index (χ2n) is 2.99. The van der Waals surface area contributed by atoms with Crippen LogP contribution >= 0.6 is 23.2 Å². The van der Waals surface area contributed by atoms with Crippen molar-refractivity contribution in [1.29, 1.82) is 0 Å². The van der Waals surface area contributed by atoms with Crippen LogP contribution in [0.1, 0.15) is 5.56 Å². The summed E-state index contributed by atoms with van der Waals surface area (Å²) < 4.78 is 0. The molecule has 0 aliphatic rings. The van der Waals surface area contributed by atoms with Gasteiger partial charge in [0.2, 0.25) is 5.91 Å². The van der Waals surface area contributed by atoms with E-state index in [4.69, 9.17) is 28.3 Å². The summed E-state index contributed by atoms with van der Waals surface area (Å²) >= 11 is 11.6. The molecule has 0 saturated carbocycles. The van der Waals surface area contributed by atoms with E-state index < -0.39 is 0 Å². The molecule has 2 N–H and O–H groups in total. The number of carbonyl (C=O) groups is 1. The molecule has 0 fully saturated rings. The van der Waals surface area contributed by atoms with Gasteiger partial charge in [-0.25, -0.2) is 0 Å². The van der Waals surface area contributed by atoms with Crippen molar-refractivity contribution in [3.05, 3.63) is 33.8 Å². The zero-order valence-electron chi connectivity index (χ0n) is 7.96. The first-order valence-corrected chi connectivity index (χ1v) is 5.20. The summed E-state index contributed by atoms with van der Waals surface area (Å²) in [5.41, 5.74) is 0.719. The van der Waals surface area contributed by atoms with Crippen LogP contribution in [0.15, 0.2) is 18.2 Å². The van der Waals surface area contributed by atoms with E-state index in [1.807, 2.05) is 0 Å². The van der Waals surface area contributed by atoms with Gasteiger partial charge in [0, 0.05) is 16.6 Å². The van der Waals surface area contributed by atoms with Crippen LogP contribution in [0, 0.1) is 0 Å². The van der Waals surface area contributed by atoms with Gasteiger partial charge in [-0.3, -0.25) is 4.79 Å². The molecule has 15 heavy (non-hydrogen) atoms. The van der Waals surface area contributed by atoms with Crippen LogP contribution in [0.5, 0.6) is 0 Å². The molecule has 0 aliphatic carbocycles. The Labute approximate surface area is 98.0 Å². The number of hydrogen-bond donors (Lipinski definition) is 2. The number of carbonyl (C=O) groups excluding carboxylic acids is 1. The summed E-state index contributed by atoms with van der Waals surface area (Å²) in [5.74, 6) is -0.173. The fraction of sp³-hybridized carbons (Fsp3) is 0.300. The third kappa shape index (κ3) is 4.08. The Morgan fingerprint density at radius 3 is 2.73 bits per heavy atom. The normalized spacial score (nSPS) is 10.1. The van der Waals surface area contributed by atoms with Crippen molar-refractivity contribution in [2.75, 3.05) is 13.2 Å². The van der Waals surface area contributed by atoms with E-state index in [1.54, 1.807) is 18.2 Å². The van der Waals surface area contributed by atoms with Gasteiger partial charge in [0.1, 0.15) is 0 Å². The number of rotatable bonds is 4. The van der Waals surface area contributed by atoms with E-state index in [0.717, 1.165) is 5.56 Å². The second-order valence-corrected chi connectivity index (χ2v) is 3.83. The molecular weight excluding hydrogens is 237 g/mol. The average molecular weight is 248 g/mol. The maximum Gasteiger partial charge on any atom is 0.224 e. The maximum atomic E-state index is 11.3. The lowest BCUT2D eigenvalue weighted by atomic mass is 10.1. The number of aliphatic hydroxyl groups excluding tert-OH is 1. The van der Waals surface area contributed by atoms with E-state index in [-0.39, 0.29) is 25.5 Å². The van der Waals surface area contributed by atoms with Gasteiger partial charge in [0.15, 0.2) is 0 Å². The Hall–Kier alpha value is -0.770. The Morgan fingerprint density at radius 1 is 1.40 bits per heavy atom. The molecule has 3 nitrogen and oxygen atoms in total. The van der Waals surface area contributed by atoms with Gasteiger partial charge in [-0.15, -0.1) is 0 Å². The van der Waals surface area contributed by atoms with Crippen molar-refractivity contribution in [1.82, 2.24) is 5.32 Å². The number of halogens is 2. The minimum Gasteiger partial charge on any atom is -0.395 e. The van der Waals surface area contributed by atoms with Crippen LogP contribution in [0.25, 0.3) is 0 Å². The maximum absolute atomic E-state index is 11.3. The Kier molecular flexibility index (Phi) is 4.88. The SMILES string of the molecule is O=C(Cc1ccc(Cl)cc1Cl)NCCO. The lowest BCUT2D eigenvalue weighted by Gasteiger charge is -2.05. The molecule has 1 rings (SSSR count). The molecule has 0 heterocycles. The van der Waals surface area contributed by atoms with E-state index >= 15 is 0 Å². The first-order chi connectivity index (χ1) is 7.13. The van der Waals surface area contributed by atoms with Crippen LogP contribution in [-0.4, -0.2) is 24.2 Å². The van der Waals surface area contributed by atoms with E-state index in [1.165, 1.54) is 0 Å². The van der Waals surface area contributed by atoms with Gasteiger partial charge >= 0.3 is 0 Å². The smallest absolute Gasteiger partial charge is 0.224 e. The van der Waals surface area contributed by atoms with E-state index in [2.05, 4.69) is 5.32 Å². The first-order valence-electron chi connectivity index (χ1n) is 4.45. The van der Waals surface area contributed by atoms with Gasteiger partial charge in [0.05, 0.1) is 13.0 Å². The lowest BCUT2D eigenvalue weighted by molar-refractivity contribution is -0.120. The Bertz CT molecular complexity index is 355. The highest BCUT2D eigenvalue weighted by Crippen LogP contribution is 2.21. The number of nitrogens with one attached hydrogen (secondary N) is 1. The minimum atomic E-state index is -0.173. The van der Waals surface area contributed by atoms with Crippen LogP contribution in [0.3, 0.4) is 0 Å². The molecule has 0 aromatic heterocycles. The molecule has 0 bridgehead atoms. The number of hydrogen-bond acceptors (Lipinski definition) is 2. The molecule has 1 amide bonds. The number of aliphatic hydroxyl groups is 1. The predicted octanol–water partition coefficient (Wildman–Crippen LogP) is 1.64. The van der Waals surface area contributed by atoms with Crippen molar-refractivity contribution < 1.29 is 9.90 Å². The molecule has 0 spiro atoms. The largest absolute Gasteiger partial charge is 0.395 e. The fourth-order valence-corrected chi connectivity index (χ4v) is 1.57. The lowest BCUT2D eigenvalue weighted by Crippen LogP contribution is -2.27. The number of benzene rings is 1. The van der Waals surface area contributed by atoms with E-state index in [0.29, 0.717) is 10.0 Å². The van der Waals surface area contributed by atoms with Crippen LogP contribution in [-0.2, 0) is 11.2 Å². The molecule has 5 heteroatoms. The van der Waals surface area contributed by atoms with Crippen molar-refractivity contribution in [2.45, 2.75) is 6.42 Å². The van der Waals surface area contributed by atoms with Crippen LogP contribution in [0.4, 0.5) is 0 Å². The Balaban J connectivity index is 2.60. The molecular formula is C10H11Cl2NO2. The molecule has 0 atom stereocenters. The monoisotopic (exact) mass is 247 g/mol. The van der Waals surface area contributed by atoms with Crippen molar-refractivity contribution in [2.24, 2.45) is 0 Å². The van der Waals surface area contributed by atoms with Gasteiger partial charge in [-0.1, -0.05) is 29.3 Å². The summed E-state index contributed by atoms with van der Waals surface area (Å²) in [5, 5.41) is 12.1. The zero-order valence-corrected chi connectivity index (χ0v) is 9.48. The van der Waals surface area contributed by atoms with Gasteiger partial charge in [-0.2, -0.15) is 0 Å². The summed E-state index contributed by atoms with van der Waals surface area (Å²) in [6.45, 7) is 0.185. The number of amides is 1. The summed E-state index contributed by atoms with van der Waals surface area (Å²) in [4.78, 5) is 11.3. The highest BCUT2D eigenvalue weighted by atomic mass is 35.5. The molecule has 82 valence electrons. The summed E-state index contributed by atoms with van der Waals surface area (Å²) in [7, 11) is 0. The van der Waals surface area contributed by atoms with Gasteiger partial charge < -0.3 is 10.4 Å². The topological polar surface area (TPSA) is 49.3 Å². The molecule has 1 aromatic rings. The minimum absolute atomic E-state index is 0.0694.